The summed E-state index contributed by atoms with van der Waals surface area (Å²) >= 11 is 0. The quantitative estimate of drug-likeness (QED) is 0.624. The molecule has 1 aromatic heterocycles. The van der Waals surface area contributed by atoms with Crippen LogP contribution in [0, 0.1) is 0 Å². The molecular formula is C6H10ClN3O2. The fourth-order valence-corrected chi connectivity index (χ4v) is 0.793. The average Bonchev–Trinajstić information content (AvgIpc) is 1.97. The standard InChI is InChI=1S/C6H9N3O2.ClH/c7-2-4-9-5(10)1-3-8-6(9)11;/h1,3H,2,4,7H2,(H,8,11);1H. The molecule has 6 heteroatoms. The summed E-state index contributed by atoms with van der Waals surface area (Å²) < 4.78 is 1.06. The molecule has 0 aliphatic heterocycles. The van der Waals surface area contributed by atoms with Crippen LogP contribution in [0.4, 0.5) is 0 Å². The monoisotopic (exact) mass is 191 g/mol. The molecule has 5 nitrogen and oxygen atoms in total. The largest absolute Gasteiger partial charge is 0.329 e. The van der Waals surface area contributed by atoms with Crippen molar-refractivity contribution in [2.75, 3.05) is 6.54 Å². The topological polar surface area (TPSA) is 80.9 Å². The molecule has 0 aromatic carbocycles. The highest BCUT2D eigenvalue weighted by Crippen LogP contribution is 1.66. The number of nitrogens with two attached hydrogens (primary N) is 1. The molecule has 0 unspecified atom stereocenters. The number of nitrogens with one attached hydrogen (secondary N) is 1. The minimum atomic E-state index is -0.414. The van der Waals surface area contributed by atoms with Gasteiger partial charge in [-0.1, -0.05) is 0 Å². The van der Waals surface area contributed by atoms with Gasteiger partial charge in [-0.05, 0) is 0 Å². The van der Waals surface area contributed by atoms with Gasteiger partial charge in [-0.15, -0.1) is 12.4 Å². The van der Waals surface area contributed by atoms with Gasteiger partial charge in [-0.2, -0.15) is 0 Å². The summed E-state index contributed by atoms with van der Waals surface area (Å²) in [5.74, 6) is 0. The lowest BCUT2D eigenvalue weighted by Gasteiger charge is -1.98. The molecule has 3 N–H and O–H groups in total. The van der Waals surface area contributed by atoms with Crippen LogP contribution in [-0.4, -0.2) is 16.1 Å². The maximum atomic E-state index is 10.9. The molecule has 0 atom stereocenters. The number of aromatic amines is 1. The van der Waals surface area contributed by atoms with E-state index in [1.54, 1.807) is 0 Å². The molecule has 12 heavy (non-hydrogen) atoms. The Morgan fingerprint density at radius 1 is 1.50 bits per heavy atom. The molecule has 0 aliphatic rings. The van der Waals surface area contributed by atoms with Crippen LogP contribution in [0.2, 0.25) is 0 Å². The summed E-state index contributed by atoms with van der Waals surface area (Å²) in [4.78, 5) is 24.2. The van der Waals surface area contributed by atoms with Gasteiger partial charge in [0.05, 0.1) is 0 Å². The van der Waals surface area contributed by atoms with E-state index in [4.69, 9.17) is 5.73 Å². The molecule has 0 aliphatic carbocycles. The van der Waals surface area contributed by atoms with Gasteiger partial charge in [0.2, 0.25) is 0 Å². The minimum absolute atomic E-state index is 0. The zero-order chi connectivity index (χ0) is 8.27. The molecule has 68 valence electrons. The molecule has 0 fully saturated rings. The number of rotatable bonds is 2. The molecule has 0 bridgehead atoms. The first-order valence-electron chi connectivity index (χ1n) is 3.24. The summed E-state index contributed by atoms with van der Waals surface area (Å²) in [6, 6.07) is 1.29. The van der Waals surface area contributed by atoms with Gasteiger partial charge in [-0.25, -0.2) is 4.79 Å². The van der Waals surface area contributed by atoms with Gasteiger partial charge in [0, 0.05) is 25.4 Å². The Hall–Kier alpha value is -1.07. The zero-order valence-corrected chi connectivity index (χ0v) is 7.13. The van der Waals surface area contributed by atoms with E-state index in [2.05, 4.69) is 4.98 Å². The number of hydrogen-bond donors (Lipinski definition) is 2. The second kappa shape index (κ2) is 4.74. The van der Waals surface area contributed by atoms with Crippen LogP contribution in [0.25, 0.3) is 0 Å². The Bertz CT molecular complexity index is 315. The maximum absolute atomic E-state index is 10.9. The smallest absolute Gasteiger partial charge is 0.328 e. The van der Waals surface area contributed by atoms with Crippen molar-refractivity contribution in [1.29, 1.82) is 0 Å². The van der Waals surface area contributed by atoms with Crippen LogP contribution in [-0.2, 0) is 6.54 Å². The SMILES string of the molecule is Cl.NCCn1c(=O)cc[nH]c1=O. The summed E-state index contributed by atoms with van der Waals surface area (Å²) in [7, 11) is 0. The third-order valence-electron chi connectivity index (χ3n) is 1.30. The van der Waals surface area contributed by atoms with Crippen LogP contribution in [0.15, 0.2) is 21.9 Å². The van der Waals surface area contributed by atoms with Gasteiger partial charge in [-0.3, -0.25) is 9.36 Å². The van der Waals surface area contributed by atoms with E-state index in [0.29, 0.717) is 0 Å². The van der Waals surface area contributed by atoms with Crippen molar-refractivity contribution in [1.82, 2.24) is 9.55 Å². The lowest BCUT2D eigenvalue weighted by Crippen LogP contribution is -2.35. The van der Waals surface area contributed by atoms with E-state index in [1.807, 2.05) is 0 Å². The van der Waals surface area contributed by atoms with Gasteiger partial charge in [0.15, 0.2) is 0 Å². The third-order valence-corrected chi connectivity index (χ3v) is 1.30. The molecule has 0 saturated heterocycles. The highest BCUT2D eigenvalue weighted by molar-refractivity contribution is 5.85. The summed E-state index contributed by atoms with van der Waals surface area (Å²) in [5, 5.41) is 0. The minimum Gasteiger partial charge on any atom is -0.329 e. The van der Waals surface area contributed by atoms with Crippen molar-refractivity contribution in [2.24, 2.45) is 5.73 Å². The number of aromatic nitrogens is 2. The Morgan fingerprint density at radius 2 is 2.17 bits per heavy atom. The van der Waals surface area contributed by atoms with Crippen LogP contribution >= 0.6 is 12.4 Å². The van der Waals surface area contributed by atoms with E-state index >= 15 is 0 Å². The lowest BCUT2D eigenvalue weighted by molar-refractivity contribution is 0.637. The molecule has 1 aromatic rings. The van der Waals surface area contributed by atoms with Gasteiger partial charge >= 0.3 is 5.69 Å². The van der Waals surface area contributed by atoms with E-state index < -0.39 is 5.69 Å². The first-order chi connectivity index (χ1) is 5.25. The van der Waals surface area contributed by atoms with Gasteiger partial charge in [0.25, 0.3) is 5.56 Å². The molecule has 0 spiro atoms. The van der Waals surface area contributed by atoms with Crippen molar-refractivity contribution >= 4 is 12.4 Å². The molecule has 1 heterocycles. The average molecular weight is 192 g/mol. The Morgan fingerprint density at radius 3 is 2.67 bits per heavy atom. The maximum Gasteiger partial charge on any atom is 0.328 e. The Balaban J connectivity index is 0.00000121. The Labute approximate surface area is 74.6 Å². The van der Waals surface area contributed by atoms with Crippen LogP contribution in [0.1, 0.15) is 0 Å². The highest BCUT2D eigenvalue weighted by atomic mass is 35.5. The Kier molecular flexibility index (Phi) is 4.31. The van der Waals surface area contributed by atoms with Crippen LogP contribution in [0.5, 0.6) is 0 Å². The normalized spacial score (nSPS) is 9.08. The predicted octanol–water partition coefficient (Wildman–Crippen LogP) is -1.08. The van der Waals surface area contributed by atoms with E-state index in [0.717, 1.165) is 4.57 Å². The second-order valence-corrected chi connectivity index (χ2v) is 2.06. The first-order valence-corrected chi connectivity index (χ1v) is 3.24. The summed E-state index contributed by atoms with van der Waals surface area (Å²) in [5.41, 5.74) is 4.45. The van der Waals surface area contributed by atoms with Crippen molar-refractivity contribution in [2.45, 2.75) is 6.54 Å². The zero-order valence-electron chi connectivity index (χ0n) is 6.32. The molecule has 1 rings (SSSR count). The summed E-state index contributed by atoms with van der Waals surface area (Å²) in [6.45, 7) is 0.544. The van der Waals surface area contributed by atoms with E-state index in [1.165, 1.54) is 12.3 Å². The van der Waals surface area contributed by atoms with Gasteiger partial charge < -0.3 is 10.7 Å². The predicted molar refractivity (Wildman–Crippen MR) is 47.6 cm³/mol. The molecule has 0 saturated carbocycles. The van der Waals surface area contributed by atoms with E-state index in [-0.39, 0.29) is 31.1 Å². The second-order valence-electron chi connectivity index (χ2n) is 2.06. The lowest BCUT2D eigenvalue weighted by atomic mass is 10.5. The third kappa shape index (κ3) is 2.21. The van der Waals surface area contributed by atoms with Crippen LogP contribution < -0.4 is 17.0 Å². The fourth-order valence-electron chi connectivity index (χ4n) is 0.793. The van der Waals surface area contributed by atoms with E-state index in [9.17, 15) is 9.59 Å². The first kappa shape index (κ1) is 10.9. The molecule has 0 radical (unpaired) electrons. The number of H-pyrrole nitrogens is 1. The fraction of sp³-hybridized carbons (Fsp3) is 0.333. The number of nitrogens with zero attached hydrogens (tertiary/aromatic N) is 1. The number of hydrogen-bond acceptors (Lipinski definition) is 3. The van der Waals surface area contributed by atoms with Crippen molar-refractivity contribution < 1.29 is 0 Å². The van der Waals surface area contributed by atoms with Crippen LogP contribution in [0.3, 0.4) is 0 Å². The molecule has 0 amide bonds. The molecular weight excluding hydrogens is 182 g/mol. The number of halogens is 1. The van der Waals surface area contributed by atoms with Crippen molar-refractivity contribution in [3.8, 4) is 0 Å². The summed E-state index contributed by atoms with van der Waals surface area (Å²) in [6.07, 6.45) is 1.32. The highest BCUT2D eigenvalue weighted by Gasteiger charge is 1.95. The van der Waals surface area contributed by atoms with Crippen molar-refractivity contribution in [3.05, 3.63) is 33.1 Å². The van der Waals surface area contributed by atoms with Gasteiger partial charge in [0.1, 0.15) is 0 Å². The van der Waals surface area contributed by atoms with Crippen molar-refractivity contribution in [3.63, 3.8) is 0 Å².